The van der Waals surface area contributed by atoms with E-state index in [4.69, 9.17) is 9.47 Å². The number of amides is 1. The summed E-state index contributed by atoms with van der Waals surface area (Å²) < 4.78 is 38.9. The minimum atomic E-state index is -2.88. The standard InChI is InChI=1S/C17H14F2N2O4/c1-10(11-2-5-13(6-3-11)25-17(18)19)20-21-16(22)12-4-7-14-15(8-12)24-9-23-14/h2-8,17,20H,1,9H2,(H,21,22). The van der Waals surface area contributed by atoms with Crippen LogP contribution in [0.5, 0.6) is 17.2 Å². The van der Waals surface area contributed by atoms with Crippen LogP contribution in [-0.2, 0) is 0 Å². The molecule has 3 rings (SSSR count). The Kier molecular flexibility index (Phi) is 4.69. The van der Waals surface area contributed by atoms with E-state index in [1.165, 1.54) is 12.1 Å². The first kappa shape index (κ1) is 16.6. The molecule has 0 fully saturated rings. The van der Waals surface area contributed by atoms with E-state index in [0.29, 0.717) is 28.3 Å². The van der Waals surface area contributed by atoms with Gasteiger partial charge in [-0.15, -0.1) is 0 Å². The van der Waals surface area contributed by atoms with Gasteiger partial charge in [0, 0.05) is 5.56 Å². The maximum atomic E-state index is 12.1. The first-order valence-corrected chi connectivity index (χ1v) is 7.23. The van der Waals surface area contributed by atoms with E-state index in [1.807, 2.05) is 0 Å². The second-order valence-corrected chi connectivity index (χ2v) is 5.03. The van der Waals surface area contributed by atoms with Crippen molar-refractivity contribution < 1.29 is 27.8 Å². The van der Waals surface area contributed by atoms with Crippen LogP contribution in [0.1, 0.15) is 15.9 Å². The van der Waals surface area contributed by atoms with Gasteiger partial charge in [0.15, 0.2) is 11.5 Å². The van der Waals surface area contributed by atoms with Crippen molar-refractivity contribution in [1.82, 2.24) is 10.9 Å². The van der Waals surface area contributed by atoms with E-state index in [9.17, 15) is 13.6 Å². The lowest BCUT2D eigenvalue weighted by molar-refractivity contribution is -0.0498. The van der Waals surface area contributed by atoms with E-state index in [2.05, 4.69) is 22.2 Å². The molecule has 1 aliphatic rings. The number of hydrogen-bond acceptors (Lipinski definition) is 5. The molecule has 1 aliphatic heterocycles. The third-order valence-corrected chi connectivity index (χ3v) is 3.39. The Bertz CT molecular complexity index is 794. The maximum Gasteiger partial charge on any atom is 0.387 e. The molecule has 0 spiro atoms. The van der Waals surface area contributed by atoms with Crippen LogP contribution in [0.25, 0.3) is 5.70 Å². The van der Waals surface area contributed by atoms with Gasteiger partial charge in [0.2, 0.25) is 6.79 Å². The van der Waals surface area contributed by atoms with E-state index in [-0.39, 0.29) is 12.5 Å². The Hall–Kier alpha value is -3.29. The molecule has 1 heterocycles. The molecule has 0 aromatic heterocycles. The quantitative estimate of drug-likeness (QED) is 0.786. The second kappa shape index (κ2) is 7.08. The van der Waals surface area contributed by atoms with Gasteiger partial charge in [-0.3, -0.25) is 15.6 Å². The summed E-state index contributed by atoms with van der Waals surface area (Å²) in [4.78, 5) is 12.1. The number of hydrogen-bond donors (Lipinski definition) is 2. The summed E-state index contributed by atoms with van der Waals surface area (Å²) >= 11 is 0. The molecule has 1 amide bonds. The zero-order chi connectivity index (χ0) is 17.8. The summed E-state index contributed by atoms with van der Waals surface area (Å²) in [5.41, 5.74) is 6.54. The first-order chi connectivity index (χ1) is 12.0. The lowest BCUT2D eigenvalue weighted by Crippen LogP contribution is -2.35. The minimum Gasteiger partial charge on any atom is -0.454 e. The van der Waals surface area contributed by atoms with Crippen LogP contribution in [0, 0.1) is 0 Å². The molecule has 25 heavy (non-hydrogen) atoms. The van der Waals surface area contributed by atoms with Gasteiger partial charge in [-0.05, 0) is 48.0 Å². The highest BCUT2D eigenvalue weighted by Gasteiger charge is 2.16. The van der Waals surface area contributed by atoms with Crippen LogP contribution >= 0.6 is 0 Å². The van der Waals surface area contributed by atoms with Crippen LogP contribution in [0.15, 0.2) is 49.0 Å². The van der Waals surface area contributed by atoms with Gasteiger partial charge in [0.05, 0.1) is 5.70 Å². The zero-order valence-corrected chi connectivity index (χ0v) is 12.9. The highest BCUT2D eigenvalue weighted by Crippen LogP contribution is 2.32. The number of ether oxygens (including phenoxy) is 3. The first-order valence-electron chi connectivity index (χ1n) is 7.23. The molecule has 2 aromatic rings. The molecule has 2 N–H and O–H groups in total. The predicted molar refractivity (Wildman–Crippen MR) is 85.3 cm³/mol. The van der Waals surface area contributed by atoms with Crippen molar-refractivity contribution in [3.8, 4) is 17.2 Å². The summed E-state index contributed by atoms with van der Waals surface area (Å²) in [6.45, 7) is 1.02. The molecule has 0 bridgehead atoms. The average molecular weight is 348 g/mol. The number of fused-ring (bicyclic) bond motifs is 1. The van der Waals surface area contributed by atoms with Gasteiger partial charge in [0.25, 0.3) is 5.91 Å². The lowest BCUT2D eigenvalue weighted by Gasteiger charge is -2.12. The van der Waals surface area contributed by atoms with Crippen molar-refractivity contribution in [3.63, 3.8) is 0 Å². The van der Waals surface area contributed by atoms with E-state index < -0.39 is 12.5 Å². The van der Waals surface area contributed by atoms with Crippen molar-refractivity contribution in [2.45, 2.75) is 6.61 Å². The van der Waals surface area contributed by atoms with E-state index in [0.717, 1.165) is 0 Å². The molecule has 8 heteroatoms. The molecule has 0 saturated carbocycles. The van der Waals surface area contributed by atoms with Crippen LogP contribution in [0.2, 0.25) is 0 Å². The maximum absolute atomic E-state index is 12.1. The fourth-order valence-electron chi connectivity index (χ4n) is 2.15. The summed E-state index contributed by atoms with van der Waals surface area (Å²) in [5, 5.41) is 0. The molecule has 0 radical (unpaired) electrons. The van der Waals surface area contributed by atoms with Crippen molar-refractivity contribution >= 4 is 11.6 Å². The van der Waals surface area contributed by atoms with Crippen LogP contribution < -0.4 is 25.1 Å². The summed E-state index contributed by atoms with van der Waals surface area (Å²) in [5.74, 6) is 0.731. The molecule has 0 saturated heterocycles. The highest BCUT2D eigenvalue weighted by molar-refractivity contribution is 5.95. The number of carbonyl (C=O) groups is 1. The summed E-state index contributed by atoms with van der Waals surface area (Å²) in [6.07, 6.45) is 0. The van der Waals surface area contributed by atoms with Crippen molar-refractivity contribution in [2.75, 3.05) is 6.79 Å². The number of benzene rings is 2. The molecule has 2 aromatic carbocycles. The Labute approximate surface area is 142 Å². The van der Waals surface area contributed by atoms with Gasteiger partial charge >= 0.3 is 6.61 Å². The monoisotopic (exact) mass is 348 g/mol. The molecule has 0 atom stereocenters. The highest BCUT2D eigenvalue weighted by atomic mass is 19.3. The molecule has 6 nitrogen and oxygen atoms in total. The van der Waals surface area contributed by atoms with Gasteiger partial charge in [-0.25, -0.2) is 0 Å². The SMILES string of the molecule is C=C(NNC(=O)c1ccc2c(c1)OCO2)c1ccc(OC(F)F)cc1. The lowest BCUT2D eigenvalue weighted by atomic mass is 10.2. The number of alkyl halides is 2. The number of carbonyl (C=O) groups excluding carboxylic acids is 1. The van der Waals surface area contributed by atoms with Gasteiger partial charge in [-0.2, -0.15) is 8.78 Å². The summed E-state index contributed by atoms with van der Waals surface area (Å²) in [6, 6.07) is 10.7. The fourth-order valence-corrected chi connectivity index (χ4v) is 2.15. The second-order valence-electron chi connectivity index (χ2n) is 5.03. The van der Waals surface area contributed by atoms with Crippen molar-refractivity contribution in [3.05, 3.63) is 60.2 Å². The Morgan fingerprint density at radius 2 is 1.72 bits per heavy atom. The number of nitrogens with one attached hydrogen (secondary N) is 2. The molecule has 130 valence electrons. The van der Waals surface area contributed by atoms with Crippen LogP contribution in [0.4, 0.5) is 8.78 Å². The minimum absolute atomic E-state index is 0.0379. The summed E-state index contributed by atoms with van der Waals surface area (Å²) in [7, 11) is 0. The topological polar surface area (TPSA) is 68.8 Å². The van der Waals surface area contributed by atoms with E-state index in [1.54, 1.807) is 30.3 Å². The Balaban J connectivity index is 1.57. The third-order valence-electron chi connectivity index (χ3n) is 3.39. The fraction of sp³-hybridized carbons (Fsp3) is 0.118. The van der Waals surface area contributed by atoms with Gasteiger partial charge in [0.1, 0.15) is 5.75 Å². The normalized spacial score (nSPS) is 12.0. The molecular weight excluding hydrogens is 334 g/mol. The molecule has 0 unspecified atom stereocenters. The largest absolute Gasteiger partial charge is 0.454 e. The van der Waals surface area contributed by atoms with Gasteiger partial charge < -0.3 is 14.2 Å². The third kappa shape index (κ3) is 3.97. The van der Waals surface area contributed by atoms with E-state index >= 15 is 0 Å². The predicted octanol–water partition coefficient (Wildman–Crippen LogP) is 2.92. The Morgan fingerprint density at radius 1 is 1.04 bits per heavy atom. The van der Waals surface area contributed by atoms with Crippen molar-refractivity contribution in [2.24, 2.45) is 0 Å². The number of halogens is 2. The van der Waals surface area contributed by atoms with Crippen molar-refractivity contribution in [1.29, 1.82) is 0 Å². The van der Waals surface area contributed by atoms with Crippen LogP contribution in [-0.4, -0.2) is 19.3 Å². The van der Waals surface area contributed by atoms with Gasteiger partial charge in [-0.1, -0.05) is 6.58 Å². The van der Waals surface area contributed by atoms with Crippen LogP contribution in [0.3, 0.4) is 0 Å². The number of rotatable bonds is 6. The molecule has 0 aliphatic carbocycles. The Morgan fingerprint density at radius 3 is 2.44 bits per heavy atom. The zero-order valence-electron chi connectivity index (χ0n) is 12.9. The smallest absolute Gasteiger partial charge is 0.387 e. The molecular formula is C17H14F2N2O4. The number of hydrazine groups is 1. The average Bonchev–Trinajstić information content (AvgIpc) is 3.07.